The summed E-state index contributed by atoms with van der Waals surface area (Å²) in [5, 5.41) is 0. The minimum absolute atomic E-state index is 0.212. The van der Waals surface area contributed by atoms with Gasteiger partial charge in [-0.05, 0) is 12.8 Å². The first-order valence-electron chi connectivity index (χ1n) is 6.31. The number of methoxy groups -OCH3 is 2. The summed E-state index contributed by atoms with van der Waals surface area (Å²) in [7, 11) is 3.19. The van der Waals surface area contributed by atoms with E-state index in [9.17, 15) is 0 Å². The van der Waals surface area contributed by atoms with Crippen LogP contribution in [0.1, 0.15) is 46.0 Å². The maximum atomic E-state index is 5.39. The molecule has 0 heterocycles. The summed E-state index contributed by atoms with van der Waals surface area (Å²) in [6.07, 6.45) is 5.23. The third-order valence-corrected chi connectivity index (χ3v) is 2.30. The number of hydrogen-bond acceptors (Lipinski definition) is 4. The van der Waals surface area contributed by atoms with Crippen LogP contribution in [-0.4, -0.2) is 27.6 Å². The summed E-state index contributed by atoms with van der Waals surface area (Å²) in [5.74, 6) is 1.15. The first-order chi connectivity index (χ1) is 8.29. The largest absolute Gasteiger partial charge is 0.494 e. The van der Waals surface area contributed by atoms with Crippen LogP contribution >= 0.6 is 0 Å². The number of ether oxygens (including phenoxy) is 4. The van der Waals surface area contributed by atoms with Crippen molar-refractivity contribution in [1.29, 1.82) is 0 Å². The molecule has 0 radical (unpaired) electrons. The molecule has 0 aliphatic heterocycles. The van der Waals surface area contributed by atoms with Crippen LogP contribution in [0.2, 0.25) is 0 Å². The van der Waals surface area contributed by atoms with Gasteiger partial charge in [-0.3, -0.25) is 0 Å². The Bertz CT molecular complexity index is 202. The summed E-state index contributed by atoms with van der Waals surface area (Å²) >= 11 is 0. The lowest BCUT2D eigenvalue weighted by atomic mass is 10.3. The van der Waals surface area contributed by atoms with Gasteiger partial charge in [-0.2, -0.15) is 0 Å². The van der Waals surface area contributed by atoms with Crippen molar-refractivity contribution in [1.82, 2.24) is 0 Å². The first kappa shape index (κ1) is 16.1. The van der Waals surface area contributed by atoms with E-state index in [-0.39, 0.29) is 6.79 Å². The van der Waals surface area contributed by atoms with Crippen LogP contribution in [0.3, 0.4) is 0 Å². The second kappa shape index (κ2) is 11.6. The van der Waals surface area contributed by atoms with Gasteiger partial charge in [0.1, 0.15) is 0 Å². The van der Waals surface area contributed by atoms with Crippen LogP contribution in [0.15, 0.2) is 11.7 Å². The molecule has 0 bridgehead atoms. The predicted octanol–water partition coefficient (Wildman–Crippen LogP) is 3.43. The van der Waals surface area contributed by atoms with Gasteiger partial charge in [0.15, 0.2) is 12.6 Å². The van der Waals surface area contributed by atoms with Crippen LogP contribution in [0.25, 0.3) is 0 Å². The topological polar surface area (TPSA) is 36.9 Å². The van der Waals surface area contributed by atoms with E-state index >= 15 is 0 Å². The van der Waals surface area contributed by atoms with Gasteiger partial charge in [-0.15, -0.1) is 0 Å². The predicted molar refractivity (Wildman–Crippen MR) is 67.4 cm³/mol. The van der Waals surface area contributed by atoms with Gasteiger partial charge >= 0.3 is 5.95 Å². The second-order valence-corrected chi connectivity index (χ2v) is 3.75. The van der Waals surface area contributed by atoms with Gasteiger partial charge in [0, 0.05) is 6.42 Å². The standard InChI is InChI=1S/C13H26O4/c1-5-7-8-10-16-11-17-13(15-4)12(14-3)9-6-2/h5-11H2,1-4H3. The fourth-order valence-corrected chi connectivity index (χ4v) is 1.38. The van der Waals surface area contributed by atoms with E-state index in [4.69, 9.17) is 18.9 Å². The third-order valence-electron chi connectivity index (χ3n) is 2.30. The molecule has 0 amide bonds. The Hall–Kier alpha value is -0.900. The molecular formula is C13H26O4. The molecule has 0 aliphatic rings. The zero-order valence-corrected chi connectivity index (χ0v) is 11.6. The Balaban J connectivity index is 3.87. The van der Waals surface area contributed by atoms with Gasteiger partial charge < -0.3 is 18.9 Å². The fourth-order valence-electron chi connectivity index (χ4n) is 1.38. The first-order valence-corrected chi connectivity index (χ1v) is 6.31. The van der Waals surface area contributed by atoms with E-state index in [1.807, 2.05) is 0 Å². The molecule has 0 rings (SSSR count). The van der Waals surface area contributed by atoms with Crippen molar-refractivity contribution in [2.45, 2.75) is 46.0 Å². The van der Waals surface area contributed by atoms with Crippen LogP contribution in [-0.2, 0) is 18.9 Å². The van der Waals surface area contributed by atoms with Gasteiger partial charge in [-0.1, -0.05) is 26.7 Å². The average Bonchev–Trinajstić information content (AvgIpc) is 2.36. The normalized spacial score (nSPS) is 12.0. The van der Waals surface area contributed by atoms with Crippen LogP contribution in [0, 0.1) is 0 Å². The quantitative estimate of drug-likeness (QED) is 0.318. The van der Waals surface area contributed by atoms with Crippen molar-refractivity contribution in [2.24, 2.45) is 0 Å². The summed E-state index contributed by atoms with van der Waals surface area (Å²) in [6, 6.07) is 0. The van der Waals surface area contributed by atoms with E-state index in [0.717, 1.165) is 31.6 Å². The Morgan fingerprint density at radius 3 is 2.24 bits per heavy atom. The van der Waals surface area contributed by atoms with Gasteiger partial charge in [0.25, 0.3) is 0 Å². The zero-order valence-electron chi connectivity index (χ0n) is 11.6. The Kier molecular flexibility index (Phi) is 11.0. The number of rotatable bonds is 11. The molecule has 0 spiro atoms. The molecule has 0 atom stereocenters. The van der Waals surface area contributed by atoms with Crippen molar-refractivity contribution in [3.05, 3.63) is 11.7 Å². The Morgan fingerprint density at radius 1 is 0.941 bits per heavy atom. The minimum Gasteiger partial charge on any atom is -0.494 e. The van der Waals surface area contributed by atoms with Crippen LogP contribution < -0.4 is 0 Å². The van der Waals surface area contributed by atoms with Crippen molar-refractivity contribution < 1.29 is 18.9 Å². The molecule has 17 heavy (non-hydrogen) atoms. The maximum Gasteiger partial charge on any atom is 0.320 e. The maximum absolute atomic E-state index is 5.39. The molecule has 0 aliphatic carbocycles. The number of hydrogen-bond donors (Lipinski definition) is 0. The molecule has 4 nitrogen and oxygen atoms in total. The lowest BCUT2D eigenvalue weighted by Crippen LogP contribution is -2.06. The van der Waals surface area contributed by atoms with E-state index < -0.39 is 0 Å². The third kappa shape index (κ3) is 7.91. The monoisotopic (exact) mass is 246 g/mol. The molecule has 0 aromatic heterocycles. The van der Waals surface area contributed by atoms with E-state index in [0.29, 0.717) is 5.95 Å². The Morgan fingerprint density at radius 2 is 1.71 bits per heavy atom. The fraction of sp³-hybridized carbons (Fsp3) is 0.846. The van der Waals surface area contributed by atoms with Crippen molar-refractivity contribution >= 4 is 0 Å². The molecule has 0 saturated heterocycles. The molecule has 0 unspecified atom stereocenters. The highest BCUT2D eigenvalue weighted by atomic mass is 16.7. The summed E-state index contributed by atoms with van der Waals surface area (Å²) in [6.45, 7) is 5.18. The highest BCUT2D eigenvalue weighted by molar-refractivity contribution is 4.94. The molecule has 0 aromatic rings. The summed E-state index contributed by atoms with van der Waals surface area (Å²) in [4.78, 5) is 0. The molecule has 4 heteroatoms. The van der Waals surface area contributed by atoms with Crippen molar-refractivity contribution in [2.75, 3.05) is 27.6 Å². The Labute approximate surface area is 105 Å². The lowest BCUT2D eigenvalue weighted by Gasteiger charge is -2.13. The van der Waals surface area contributed by atoms with E-state index in [1.54, 1.807) is 14.2 Å². The van der Waals surface area contributed by atoms with Crippen LogP contribution in [0.5, 0.6) is 0 Å². The average molecular weight is 246 g/mol. The highest BCUT2D eigenvalue weighted by Crippen LogP contribution is 2.13. The molecule has 0 N–H and O–H groups in total. The van der Waals surface area contributed by atoms with Gasteiger partial charge in [0.2, 0.25) is 0 Å². The molecule has 0 fully saturated rings. The molecule has 0 saturated carbocycles. The van der Waals surface area contributed by atoms with Crippen molar-refractivity contribution in [3.8, 4) is 0 Å². The van der Waals surface area contributed by atoms with Gasteiger partial charge in [-0.25, -0.2) is 0 Å². The van der Waals surface area contributed by atoms with Gasteiger partial charge in [0.05, 0.1) is 20.8 Å². The number of unbranched alkanes of at least 4 members (excludes halogenated alkanes) is 2. The van der Waals surface area contributed by atoms with Crippen molar-refractivity contribution in [3.63, 3.8) is 0 Å². The smallest absolute Gasteiger partial charge is 0.320 e. The zero-order chi connectivity index (χ0) is 12.9. The summed E-state index contributed by atoms with van der Waals surface area (Å²) < 4.78 is 21.1. The lowest BCUT2D eigenvalue weighted by molar-refractivity contribution is -0.0746. The molecule has 102 valence electrons. The van der Waals surface area contributed by atoms with E-state index in [2.05, 4.69) is 13.8 Å². The minimum atomic E-state index is 0.212. The summed E-state index contributed by atoms with van der Waals surface area (Å²) in [5.41, 5.74) is 0. The van der Waals surface area contributed by atoms with Crippen LogP contribution in [0.4, 0.5) is 0 Å². The number of allylic oxidation sites excluding steroid dienone is 1. The highest BCUT2D eigenvalue weighted by Gasteiger charge is 2.08. The SMILES string of the molecule is CCCCCOCOC(OC)=C(CCC)OC. The second-order valence-electron chi connectivity index (χ2n) is 3.75. The molecular weight excluding hydrogens is 220 g/mol. The van der Waals surface area contributed by atoms with E-state index in [1.165, 1.54) is 12.8 Å². The molecule has 0 aromatic carbocycles.